The third kappa shape index (κ3) is 8.49. The summed E-state index contributed by atoms with van der Waals surface area (Å²) >= 11 is 0. The molecule has 2 aromatic carbocycles. The number of hydrogen-bond donors (Lipinski definition) is 3. The van der Waals surface area contributed by atoms with Gasteiger partial charge in [-0.3, -0.25) is 19.4 Å². The first kappa shape index (κ1) is 38.8. The quantitative estimate of drug-likeness (QED) is 0.135. The number of fused-ring (bicyclic) bond motifs is 2. The van der Waals surface area contributed by atoms with Crippen molar-refractivity contribution >= 4 is 29.9 Å². The van der Waals surface area contributed by atoms with Crippen molar-refractivity contribution < 1.29 is 23.8 Å². The molecule has 3 aromatic heterocycles. The van der Waals surface area contributed by atoms with Gasteiger partial charge in [-0.15, -0.1) is 10.2 Å². The zero-order valence-electron chi connectivity index (χ0n) is 32.6. The molecular formula is C42H52FN9O4. The van der Waals surface area contributed by atoms with Crippen LogP contribution in [0.5, 0.6) is 5.75 Å². The number of halogens is 1. The first-order chi connectivity index (χ1) is 27.0. The molecule has 5 heterocycles. The summed E-state index contributed by atoms with van der Waals surface area (Å²) in [6.45, 7) is 12.0. The lowest BCUT2D eigenvalue weighted by molar-refractivity contribution is -0.122. The first-order valence-electron chi connectivity index (χ1n) is 19.7. The molecule has 296 valence electrons. The molecule has 0 spiro atoms. The number of aromatic nitrogens is 5. The fourth-order valence-electron chi connectivity index (χ4n) is 8.06. The van der Waals surface area contributed by atoms with Crippen LogP contribution < -0.4 is 20.3 Å². The third-order valence-corrected chi connectivity index (χ3v) is 11.0. The monoisotopic (exact) mass is 765 g/mol. The van der Waals surface area contributed by atoms with Crippen molar-refractivity contribution in [2.24, 2.45) is 0 Å². The second kappa shape index (κ2) is 16.7. The SMILES string of the molecule is CC1CCCCN1c1nnc2ccc(O[C@@H]3CC[C@H](NC(=O)Nc4cc(C(C)(C)C)nn4-c4cc(CN5CCCC5)ccc4F)c4ccccc43)cn12.O=CO. The Morgan fingerprint density at radius 3 is 2.46 bits per heavy atom. The Morgan fingerprint density at radius 1 is 0.964 bits per heavy atom. The Labute approximate surface area is 326 Å². The number of ether oxygens (including phenoxy) is 1. The van der Waals surface area contributed by atoms with E-state index in [4.69, 9.17) is 19.7 Å². The Morgan fingerprint density at radius 2 is 1.71 bits per heavy atom. The molecule has 0 radical (unpaired) electrons. The van der Waals surface area contributed by atoms with Gasteiger partial charge >= 0.3 is 6.03 Å². The number of piperidine rings is 1. The minimum absolute atomic E-state index is 0.190. The maximum atomic E-state index is 15.5. The summed E-state index contributed by atoms with van der Waals surface area (Å²) in [7, 11) is 0. The van der Waals surface area contributed by atoms with E-state index in [-0.39, 0.29) is 30.1 Å². The van der Waals surface area contributed by atoms with E-state index in [1.54, 1.807) is 0 Å². The number of benzene rings is 2. The van der Waals surface area contributed by atoms with Crippen molar-refractivity contribution in [3.05, 3.63) is 95.1 Å². The summed E-state index contributed by atoms with van der Waals surface area (Å²) in [5.74, 6) is 1.62. The number of carbonyl (C=O) groups is 2. The van der Waals surface area contributed by atoms with Crippen molar-refractivity contribution in [3.63, 3.8) is 0 Å². The van der Waals surface area contributed by atoms with Gasteiger partial charge in [0, 0.05) is 30.6 Å². The Balaban J connectivity index is 0.00000155. The van der Waals surface area contributed by atoms with Gasteiger partial charge in [-0.1, -0.05) is 51.1 Å². The van der Waals surface area contributed by atoms with Crippen molar-refractivity contribution in [1.29, 1.82) is 0 Å². The van der Waals surface area contributed by atoms with Crippen molar-refractivity contribution in [1.82, 2.24) is 34.6 Å². The molecule has 0 bridgehead atoms. The maximum Gasteiger partial charge on any atom is 0.320 e. The minimum atomic E-state index is -0.393. The lowest BCUT2D eigenvalue weighted by atomic mass is 9.85. The summed E-state index contributed by atoms with van der Waals surface area (Å²) < 4.78 is 25.7. The van der Waals surface area contributed by atoms with Gasteiger partial charge in [0.05, 0.1) is 17.9 Å². The molecule has 56 heavy (non-hydrogen) atoms. The summed E-state index contributed by atoms with van der Waals surface area (Å²) in [5.41, 5.74) is 4.61. The number of amides is 2. The van der Waals surface area contributed by atoms with E-state index < -0.39 is 5.82 Å². The van der Waals surface area contributed by atoms with Crippen LogP contribution in [0.4, 0.5) is 21.0 Å². The molecule has 0 saturated carbocycles. The lowest BCUT2D eigenvalue weighted by Gasteiger charge is -2.33. The van der Waals surface area contributed by atoms with Gasteiger partial charge in [0.2, 0.25) is 5.95 Å². The van der Waals surface area contributed by atoms with Crippen molar-refractivity contribution in [2.45, 2.75) is 103 Å². The predicted octanol–water partition coefficient (Wildman–Crippen LogP) is 7.80. The zero-order valence-corrected chi connectivity index (χ0v) is 32.6. The molecule has 3 atom stereocenters. The van der Waals surface area contributed by atoms with Crippen LogP contribution in [0.15, 0.2) is 66.9 Å². The maximum absolute atomic E-state index is 15.5. The number of anilines is 2. The molecule has 14 heteroatoms. The zero-order chi connectivity index (χ0) is 39.4. The smallest absolute Gasteiger partial charge is 0.320 e. The van der Waals surface area contributed by atoms with Gasteiger partial charge in [0.1, 0.15) is 29.2 Å². The molecule has 2 fully saturated rings. The number of pyridine rings is 1. The Kier molecular flexibility index (Phi) is 11.6. The number of hydrogen-bond acceptors (Lipinski definition) is 8. The molecule has 13 nitrogen and oxygen atoms in total. The van der Waals surface area contributed by atoms with Crippen LogP contribution in [0, 0.1) is 5.82 Å². The summed E-state index contributed by atoms with van der Waals surface area (Å²) in [4.78, 5) is 26.8. The Hall–Kier alpha value is -5.50. The number of nitrogens with one attached hydrogen (secondary N) is 2. The predicted molar refractivity (Wildman–Crippen MR) is 213 cm³/mol. The first-order valence-corrected chi connectivity index (χ1v) is 19.7. The van der Waals surface area contributed by atoms with E-state index in [2.05, 4.69) is 70.5 Å². The average Bonchev–Trinajstić information content (AvgIpc) is 3.95. The molecule has 5 aromatic rings. The molecule has 1 aliphatic carbocycles. The molecule has 8 rings (SSSR count). The minimum Gasteiger partial charge on any atom is -0.484 e. The molecule has 3 N–H and O–H groups in total. The van der Waals surface area contributed by atoms with Gasteiger partial charge in [-0.25, -0.2) is 13.9 Å². The molecular weight excluding hydrogens is 714 g/mol. The number of urea groups is 1. The highest BCUT2D eigenvalue weighted by atomic mass is 19.1. The number of likely N-dealkylation sites (tertiary alicyclic amines) is 1. The van der Waals surface area contributed by atoms with Crippen LogP contribution in [0.3, 0.4) is 0 Å². The van der Waals surface area contributed by atoms with Gasteiger partial charge in [0.15, 0.2) is 5.65 Å². The number of nitrogens with zero attached hydrogens (tertiary/aromatic N) is 7. The highest BCUT2D eigenvalue weighted by Crippen LogP contribution is 2.39. The van der Waals surface area contributed by atoms with Crippen LogP contribution >= 0.6 is 0 Å². The van der Waals surface area contributed by atoms with E-state index in [0.717, 1.165) is 78.7 Å². The van der Waals surface area contributed by atoms with E-state index in [1.165, 1.54) is 30.0 Å². The van der Waals surface area contributed by atoms with E-state index in [9.17, 15) is 4.79 Å². The van der Waals surface area contributed by atoms with E-state index in [1.807, 2.05) is 53.1 Å². The fraction of sp³-hybridized carbons (Fsp3) is 0.452. The molecule has 1 unspecified atom stereocenters. The lowest BCUT2D eigenvalue weighted by Crippen LogP contribution is -2.38. The van der Waals surface area contributed by atoms with Crippen LogP contribution in [0.25, 0.3) is 11.3 Å². The van der Waals surface area contributed by atoms with Gasteiger partial charge in [-0.2, -0.15) is 5.10 Å². The van der Waals surface area contributed by atoms with E-state index >= 15 is 4.39 Å². The van der Waals surface area contributed by atoms with Crippen LogP contribution in [-0.4, -0.2) is 72.6 Å². The van der Waals surface area contributed by atoms with Crippen molar-refractivity contribution in [2.75, 3.05) is 29.9 Å². The topological polar surface area (TPSA) is 142 Å². The van der Waals surface area contributed by atoms with Crippen molar-refractivity contribution in [3.8, 4) is 11.4 Å². The van der Waals surface area contributed by atoms with E-state index in [0.29, 0.717) is 30.4 Å². The van der Waals surface area contributed by atoms with Gasteiger partial charge < -0.3 is 20.1 Å². The number of carboxylic acid groups (broad SMARTS) is 1. The second-order valence-electron chi connectivity index (χ2n) is 16.0. The molecule has 2 saturated heterocycles. The van der Waals surface area contributed by atoms with Crippen LogP contribution in [0.1, 0.15) is 107 Å². The second-order valence-corrected chi connectivity index (χ2v) is 16.0. The van der Waals surface area contributed by atoms with Gasteiger partial charge in [-0.05, 0) is 106 Å². The normalized spacial score (nSPS) is 19.9. The summed E-state index contributed by atoms with van der Waals surface area (Å²) in [6.07, 6.45) is 9.08. The van der Waals surface area contributed by atoms with Gasteiger partial charge in [0.25, 0.3) is 6.47 Å². The largest absolute Gasteiger partial charge is 0.484 e. The average molecular weight is 766 g/mol. The van der Waals surface area contributed by atoms with Crippen LogP contribution in [0.2, 0.25) is 0 Å². The standard InChI is InChI=1S/C41H50FN9O2.CH2O2/c1-27-11-7-8-22-49(27)40-46-45-37-19-15-29(26-50(37)40)53-35-18-17-33(30-12-5-6-13-31(30)35)43-39(52)44-38-24-36(41(2,3)4)47-51(38)34-23-28(14-16-32(34)42)25-48-20-9-10-21-48;2-1-3/h5-6,12-16,19,23-24,26-27,33,35H,7-11,17-18,20-22,25H2,1-4H3,(H2,43,44,52);1H,(H,2,3)/t27?,33-,35+;/m0./s1. The molecule has 3 aliphatic rings. The highest BCUT2D eigenvalue weighted by Gasteiger charge is 2.31. The molecule has 2 amide bonds. The third-order valence-electron chi connectivity index (χ3n) is 11.0. The Bertz CT molecular complexity index is 2160. The number of carbonyl (C=O) groups excluding carboxylic acids is 1. The highest BCUT2D eigenvalue weighted by molar-refractivity contribution is 5.89. The molecule has 2 aliphatic heterocycles. The summed E-state index contributed by atoms with van der Waals surface area (Å²) in [6, 6.07) is 18.9. The summed E-state index contributed by atoms with van der Waals surface area (Å²) in [5, 5.41) is 26.9. The number of rotatable bonds is 8. The van der Waals surface area contributed by atoms with Crippen LogP contribution in [-0.2, 0) is 16.8 Å². The fourth-order valence-corrected chi connectivity index (χ4v) is 8.06.